The van der Waals surface area contributed by atoms with E-state index < -0.39 is 0 Å². The lowest BCUT2D eigenvalue weighted by molar-refractivity contribution is 0.436. The molecule has 31 heavy (non-hydrogen) atoms. The minimum absolute atomic E-state index is 0.0277. The Morgan fingerprint density at radius 1 is 0.968 bits per heavy atom. The maximum Gasteiger partial charge on any atom is 0.220 e. The zero-order valence-electron chi connectivity index (χ0n) is 16.4. The van der Waals surface area contributed by atoms with Crippen molar-refractivity contribution in [3.63, 3.8) is 0 Å². The molecule has 0 fully saturated rings. The molecule has 0 spiro atoms. The third-order valence-corrected chi connectivity index (χ3v) is 5.48. The van der Waals surface area contributed by atoms with E-state index in [-0.39, 0.29) is 16.7 Å². The van der Waals surface area contributed by atoms with Gasteiger partial charge in [-0.2, -0.15) is 0 Å². The van der Waals surface area contributed by atoms with Gasteiger partial charge in [-0.05, 0) is 29.8 Å². The van der Waals surface area contributed by atoms with Gasteiger partial charge in [-0.1, -0.05) is 48.0 Å². The number of fused-ring (bicyclic) bond motifs is 1. The van der Waals surface area contributed by atoms with Crippen molar-refractivity contribution in [2.75, 3.05) is 0 Å². The first-order chi connectivity index (χ1) is 15.1. The second kappa shape index (κ2) is 7.81. The van der Waals surface area contributed by atoms with Gasteiger partial charge in [-0.3, -0.25) is 9.38 Å². The van der Waals surface area contributed by atoms with Gasteiger partial charge in [0.2, 0.25) is 5.88 Å². The van der Waals surface area contributed by atoms with Crippen LogP contribution in [0.5, 0.6) is 11.6 Å². The van der Waals surface area contributed by atoms with Crippen LogP contribution in [-0.2, 0) is 12.8 Å². The molecule has 6 nitrogen and oxygen atoms in total. The Morgan fingerprint density at radius 3 is 2.55 bits per heavy atom. The predicted octanol–water partition coefficient (Wildman–Crippen LogP) is 5.24. The van der Waals surface area contributed by atoms with Gasteiger partial charge in [0.15, 0.2) is 5.65 Å². The summed E-state index contributed by atoms with van der Waals surface area (Å²) in [6.45, 7) is 0. The fourth-order valence-electron chi connectivity index (χ4n) is 3.68. The maximum atomic E-state index is 11.1. The van der Waals surface area contributed by atoms with Crippen molar-refractivity contribution in [1.82, 2.24) is 14.4 Å². The van der Waals surface area contributed by atoms with Gasteiger partial charge in [-0.25, -0.2) is 4.98 Å². The van der Waals surface area contributed by atoms with E-state index >= 15 is 0 Å². The summed E-state index contributed by atoms with van der Waals surface area (Å²) >= 11 is 5.99. The van der Waals surface area contributed by atoms with E-state index in [4.69, 9.17) is 16.0 Å². The van der Waals surface area contributed by atoms with Gasteiger partial charge >= 0.3 is 0 Å². The molecule has 5 rings (SSSR count). The fourth-order valence-corrected chi connectivity index (χ4v) is 3.80. The van der Waals surface area contributed by atoms with E-state index in [0.29, 0.717) is 41.2 Å². The van der Waals surface area contributed by atoms with E-state index in [0.717, 1.165) is 11.3 Å². The summed E-state index contributed by atoms with van der Waals surface area (Å²) in [5, 5.41) is 21.5. The van der Waals surface area contributed by atoms with Crippen molar-refractivity contribution in [3.8, 4) is 22.9 Å². The van der Waals surface area contributed by atoms with E-state index in [1.165, 1.54) is 0 Å². The standard InChI is InChI=1S/C24H18ClN3O3/c25-18-9-8-16(12-21(18)29)23-20(11-15-5-2-1-3-6-15)28-22(14-26-23)27-19(24(28)30)13-17-7-4-10-31-17/h1-10,12,14,29-30H,11,13H2. The summed E-state index contributed by atoms with van der Waals surface area (Å²) in [4.78, 5) is 9.20. The Labute approximate surface area is 183 Å². The first-order valence-corrected chi connectivity index (χ1v) is 10.1. The Kier molecular flexibility index (Phi) is 4.84. The van der Waals surface area contributed by atoms with Gasteiger partial charge < -0.3 is 14.6 Å². The molecular formula is C24H18ClN3O3. The van der Waals surface area contributed by atoms with Crippen molar-refractivity contribution in [3.05, 3.63) is 101 Å². The van der Waals surface area contributed by atoms with E-state index in [9.17, 15) is 10.2 Å². The summed E-state index contributed by atoms with van der Waals surface area (Å²) in [7, 11) is 0. The molecule has 0 saturated heterocycles. The summed E-state index contributed by atoms with van der Waals surface area (Å²) in [5.41, 5.74) is 4.16. The van der Waals surface area contributed by atoms with Crippen molar-refractivity contribution in [2.45, 2.75) is 12.8 Å². The molecule has 5 aromatic rings. The zero-order chi connectivity index (χ0) is 21.4. The number of hydrogen-bond donors (Lipinski definition) is 2. The van der Waals surface area contributed by atoms with Crippen molar-refractivity contribution in [2.24, 2.45) is 0 Å². The van der Waals surface area contributed by atoms with Gasteiger partial charge in [0, 0.05) is 12.0 Å². The number of halogens is 1. The average Bonchev–Trinajstić information content (AvgIpc) is 3.40. The van der Waals surface area contributed by atoms with Crippen LogP contribution >= 0.6 is 11.6 Å². The second-order valence-electron chi connectivity index (χ2n) is 7.21. The van der Waals surface area contributed by atoms with Crippen molar-refractivity contribution >= 4 is 17.2 Å². The molecule has 0 unspecified atom stereocenters. The molecule has 3 heterocycles. The summed E-state index contributed by atoms with van der Waals surface area (Å²) in [5.74, 6) is 0.721. The number of benzene rings is 2. The molecular weight excluding hydrogens is 414 g/mol. The van der Waals surface area contributed by atoms with Crippen LogP contribution < -0.4 is 0 Å². The highest BCUT2D eigenvalue weighted by molar-refractivity contribution is 6.32. The van der Waals surface area contributed by atoms with Crippen LogP contribution in [-0.4, -0.2) is 24.6 Å². The number of imidazole rings is 1. The Hall–Kier alpha value is -3.77. The second-order valence-corrected chi connectivity index (χ2v) is 7.62. The first kappa shape index (κ1) is 19.2. The highest BCUT2D eigenvalue weighted by Crippen LogP contribution is 2.33. The SMILES string of the molecule is Oc1cc(-c2ncc3nc(Cc4ccco4)c(O)n3c2Cc2ccccc2)ccc1Cl. The van der Waals surface area contributed by atoms with Crippen LogP contribution in [0.4, 0.5) is 0 Å². The minimum Gasteiger partial charge on any atom is -0.506 e. The van der Waals surface area contributed by atoms with Crippen molar-refractivity contribution < 1.29 is 14.6 Å². The van der Waals surface area contributed by atoms with Crippen LogP contribution in [0.15, 0.2) is 77.5 Å². The molecule has 0 aliphatic heterocycles. The van der Waals surface area contributed by atoms with Crippen LogP contribution in [0.2, 0.25) is 5.02 Å². The third-order valence-electron chi connectivity index (χ3n) is 5.16. The summed E-state index contributed by atoms with van der Waals surface area (Å²) in [6, 6.07) is 18.5. The van der Waals surface area contributed by atoms with Crippen LogP contribution in [0.1, 0.15) is 22.7 Å². The maximum absolute atomic E-state index is 11.1. The van der Waals surface area contributed by atoms with E-state index in [2.05, 4.69) is 9.97 Å². The third kappa shape index (κ3) is 3.62. The Morgan fingerprint density at radius 2 is 1.81 bits per heavy atom. The predicted molar refractivity (Wildman–Crippen MR) is 118 cm³/mol. The fraction of sp³-hybridized carbons (Fsp3) is 0.0833. The molecule has 7 heteroatoms. The smallest absolute Gasteiger partial charge is 0.220 e. The van der Waals surface area contributed by atoms with E-state index in [1.807, 2.05) is 36.4 Å². The Balaban J connectivity index is 1.71. The average molecular weight is 432 g/mol. The van der Waals surface area contributed by atoms with Crippen LogP contribution in [0, 0.1) is 0 Å². The number of nitrogens with zero attached hydrogens (tertiary/aromatic N) is 3. The monoisotopic (exact) mass is 431 g/mol. The largest absolute Gasteiger partial charge is 0.506 e. The molecule has 0 atom stereocenters. The lowest BCUT2D eigenvalue weighted by Crippen LogP contribution is -2.04. The number of hydrogen-bond acceptors (Lipinski definition) is 5. The molecule has 154 valence electrons. The number of furan rings is 1. The zero-order valence-corrected chi connectivity index (χ0v) is 17.1. The van der Waals surface area contributed by atoms with E-state index in [1.54, 1.807) is 41.1 Å². The number of phenols is 1. The van der Waals surface area contributed by atoms with Gasteiger partial charge in [0.05, 0.1) is 35.3 Å². The first-order valence-electron chi connectivity index (χ1n) is 9.73. The molecule has 0 saturated carbocycles. The Bertz CT molecular complexity index is 1360. The molecule has 3 aromatic heterocycles. The van der Waals surface area contributed by atoms with Gasteiger partial charge in [-0.15, -0.1) is 0 Å². The molecule has 0 amide bonds. The summed E-state index contributed by atoms with van der Waals surface area (Å²) in [6.07, 6.45) is 4.08. The molecule has 0 radical (unpaired) electrons. The molecule has 0 bridgehead atoms. The lowest BCUT2D eigenvalue weighted by Gasteiger charge is -2.13. The molecule has 0 aliphatic carbocycles. The quantitative estimate of drug-likeness (QED) is 0.398. The highest BCUT2D eigenvalue weighted by atomic mass is 35.5. The molecule has 2 aromatic carbocycles. The summed E-state index contributed by atoms with van der Waals surface area (Å²) < 4.78 is 7.12. The van der Waals surface area contributed by atoms with Crippen LogP contribution in [0.3, 0.4) is 0 Å². The topological polar surface area (TPSA) is 83.8 Å². The molecule has 0 aliphatic rings. The van der Waals surface area contributed by atoms with Gasteiger partial charge in [0.25, 0.3) is 0 Å². The van der Waals surface area contributed by atoms with Crippen molar-refractivity contribution in [1.29, 1.82) is 0 Å². The number of rotatable bonds is 5. The normalized spacial score (nSPS) is 11.3. The minimum atomic E-state index is -0.0277. The van der Waals surface area contributed by atoms with Crippen LogP contribution in [0.25, 0.3) is 16.9 Å². The highest BCUT2D eigenvalue weighted by Gasteiger charge is 2.20. The number of aromatic hydroxyl groups is 2. The van der Waals surface area contributed by atoms with Gasteiger partial charge in [0.1, 0.15) is 17.2 Å². The lowest BCUT2D eigenvalue weighted by atomic mass is 10.0. The number of phenolic OH excluding ortho intramolecular Hbond substituents is 1. The molecule has 2 N–H and O–H groups in total. The number of aromatic nitrogens is 3.